The van der Waals surface area contributed by atoms with Gasteiger partial charge >= 0.3 is 6.03 Å². The molecule has 0 spiro atoms. The van der Waals surface area contributed by atoms with Crippen molar-refractivity contribution in [3.05, 3.63) is 29.8 Å². The molecule has 0 aliphatic carbocycles. The van der Waals surface area contributed by atoms with Crippen molar-refractivity contribution in [2.24, 2.45) is 0 Å². The van der Waals surface area contributed by atoms with Crippen molar-refractivity contribution in [2.45, 2.75) is 38.6 Å². The van der Waals surface area contributed by atoms with Gasteiger partial charge < -0.3 is 16.0 Å². The molecule has 2 rings (SSSR count). The minimum Gasteiger partial charge on any atom is -0.399 e. The molecule has 1 aliphatic rings. The Balaban J connectivity index is 1.94. The third kappa shape index (κ3) is 3.88. The molecule has 1 aromatic rings. The Labute approximate surface area is 115 Å². The molecule has 0 radical (unpaired) electrons. The Morgan fingerprint density at radius 3 is 2.58 bits per heavy atom. The summed E-state index contributed by atoms with van der Waals surface area (Å²) < 4.78 is 0. The number of anilines is 1. The number of benzene rings is 1. The fourth-order valence-corrected chi connectivity index (χ4v) is 2.46. The lowest BCUT2D eigenvalue weighted by molar-refractivity contribution is 0.196. The summed E-state index contributed by atoms with van der Waals surface area (Å²) in [5.41, 5.74) is 7.54. The Kier molecular flexibility index (Phi) is 4.66. The van der Waals surface area contributed by atoms with Crippen LogP contribution in [0.4, 0.5) is 10.5 Å². The van der Waals surface area contributed by atoms with Gasteiger partial charge in [0.25, 0.3) is 0 Å². The molecule has 0 saturated carbocycles. The maximum absolute atomic E-state index is 12.2. The Morgan fingerprint density at radius 1 is 1.26 bits per heavy atom. The van der Waals surface area contributed by atoms with Gasteiger partial charge in [0, 0.05) is 18.8 Å². The van der Waals surface area contributed by atoms with E-state index in [0.29, 0.717) is 0 Å². The minimum atomic E-state index is -0.0146. The number of carbonyl (C=O) groups is 1. The van der Waals surface area contributed by atoms with Crippen molar-refractivity contribution < 1.29 is 4.79 Å². The number of nitrogens with two attached hydrogens (primary N) is 1. The lowest BCUT2D eigenvalue weighted by atomic mass is 10.1. The molecule has 0 bridgehead atoms. The second-order valence-electron chi connectivity index (χ2n) is 5.24. The highest BCUT2D eigenvalue weighted by Gasteiger charge is 2.17. The third-order valence-electron chi connectivity index (χ3n) is 3.64. The van der Waals surface area contributed by atoms with Crippen molar-refractivity contribution in [1.29, 1.82) is 0 Å². The van der Waals surface area contributed by atoms with Crippen LogP contribution in [0.1, 0.15) is 44.2 Å². The van der Waals surface area contributed by atoms with E-state index < -0.39 is 0 Å². The van der Waals surface area contributed by atoms with Gasteiger partial charge in [0.15, 0.2) is 0 Å². The summed E-state index contributed by atoms with van der Waals surface area (Å²) in [6.45, 7) is 3.73. The van der Waals surface area contributed by atoms with Crippen molar-refractivity contribution in [1.82, 2.24) is 10.2 Å². The van der Waals surface area contributed by atoms with Crippen molar-refractivity contribution in [3.8, 4) is 0 Å². The van der Waals surface area contributed by atoms with Crippen molar-refractivity contribution >= 4 is 11.7 Å². The SMILES string of the molecule is CC(NC(=O)N1CCCCCC1)c1cccc(N)c1. The number of rotatable bonds is 2. The zero-order valence-electron chi connectivity index (χ0n) is 11.6. The van der Waals surface area contributed by atoms with E-state index in [4.69, 9.17) is 5.73 Å². The predicted molar refractivity (Wildman–Crippen MR) is 77.8 cm³/mol. The number of hydrogen-bond acceptors (Lipinski definition) is 2. The normalized spacial score (nSPS) is 17.6. The van der Waals surface area contributed by atoms with E-state index in [-0.39, 0.29) is 12.1 Å². The van der Waals surface area contributed by atoms with Crippen LogP contribution in [0.3, 0.4) is 0 Å². The van der Waals surface area contributed by atoms with E-state index in [9.17, 15) is 4.79 Å². The Morgan fingerprint density at radius 2 is 1.95 bits per heavy atom. The molecule has 1 unspecified atom stereocenters. The second-order valence-corrected chi connectivity index (χ2v) is 5.24. The highest BCUT2D eigenvalue weighted by atomic mass is 16.2. The summed E-state index contributed by atoms with van der Waals surface area (Å²) in [5.74, 6) is 0. The van der Waals surface area contributed by atoms with E-state index in [2.05, 4.69) is 5.32 Å². The fourth-order valence-electron chi connectivity index (χ4n) is 2.46. The minimum absolute atomic E-state index is 0.0146. The topological polar surface area (TPSA) is 58.4 Å². The molecule has 19 heavy (non-hydrogen) atoms. The molecule has 4 heteroatoms. The molecule has 1 heterocycles. The molecule has 3 N–H and O–H groups in total. The maximum Gasteiger partial charge on any atom is 0.317 e. The van der Waals surface area contributed by atoms with E-state index in [0.717, 1.165) is 37.2 Å². The molecule has 104 valence electrons. The van der Waals surface area contributed by atoms with Gasteiger partial charge in [-0.3, -0.25) is 0 Å². The second kappa shape index (κ2) is 6.45. The van der Waals surface area contributed by atoms with E-state index in [1.807, 2.05) is 36.1 Å². The first kappa shape index (κ1) is 13.7. The zero-order valence-corrected chi connectivity index (χ0v) is 11.6. The summed E-state index contributed by atoms with van der Waals surface area (Å²) >= 11 is 0. The number of urea groups is 1. The van der Waals surface area contributed by atoms with Gasteiger partial charge in [-0.25, -0.2) is 4.79 Å². The van der Waals surface area contributed by atoms with E-state index in [1.165, 1.54) is 12.8 Å². The van der Waals surface area contributed by atoms with E-state index in [1.54, 1.807) is 0 Å². The molecular weight excluding hydrogens is 238 g/mol. The number of nitrogens with one attached hydrogen (secondary N) is 1. The standard InChI is InChI=1S/C15H23N3O/c1-12(13-7-6-8-14(16)11-13)17-15(19)18-9-4-2-3-5-10-18/h6-8,11-12H,2-5,9-10,16H2,1H3,(H,17,19). The molecule has 1 aliphatic heterocycles. The number of hydrogen-bond donors (Lipinski definition) is 2. The average Bonchev–Trinajstić information content (AvgIpc) is 2.67. The molecule has 1 saturated heterocycles. The van der Waals surface area contributed by atoms with Gasteiger partial charge in [-0.15, -0.1) is 0 Å². The van der Waals surface area contributed by atoms with Crippen LogP contribution in [-0.4, -0.2) is 24.0 Å². The zero-order chi connectivity index (χ0) is 13.7. The summed E-state index contributed by atoms with van der Waals surface area (Å²) in [5, 5.41) is 3.05. The first-order valence-electron chi connectivity index (χ1n) is 7.07. The van der Waals surface area contributed by atoms with Gasteiger partial charge in [-0.05, 0) is 37.5 Å². The van der Waals surface area contributed by atoms with E-state index >= 15 is 0 Å². The van der Waals surface area contributed by atoms with Gasteiger partial charge in [0.2, 0.25) is 0 Å². The quantitative estimate of drug-likeness (QED) is 0.804. The summed E-state index contributed by atoms with van der Waals surface area (Å²) in [7, 11) is 0. The Bertz CT molecular complexity index is 425. The number of carbonyl (C=O) groups excluding carboxylic acids is 1. The molecule has 1 aromatic carbocycles. The van der Waals surface area contributed by atoms with Crippen LogP contribution < -0.4 is 11.1 Å². The Hall–Kier alpha value is -1.71. The van der Waals surface area contributed by atoms with Crippen LogP contribution in [0.15, 0.2) is 24.3 Å². The van der Waals surface area contributed by atoms with Crippen LogP contribution in [0.2, 0.25) is 0 Å². The third-order valence-corrected chi connectivity index (χ3v) is 3.64. The molecule has 0 aromatic heterocycles. The van der Waals surface area contributed by atoms with Gasteiger partial charge in [-0.1, -0.05) is 25.0 Å². The lowest BCUT2D eigenvalue weighted by Gasteiger charge is -2.24. The summed E-state index contributed by atoms with van der Waals surface area (Å²) in [6.07, 6.45) is 4.68. The van der Waals surface area contributed by atoms with Crippen molar-refractivity contribution in [3.63, 3.8) is 0 Å². The monoisotopic (exact) mass is 261 g/mol. The molecular formula is C15H23N3O. The highest BCUT2D eigenvalue weighted by molar-refractivity contribution is 5.74. The van der Waals surface area contributed by atoms with Crippen molar-refractivity contribution in [2.75, 3.05) is 18.8 Å². The molecule has 2 amide bonds. The molecule has 1 atom stereocenters. The lowest BCUT2D eigenvalue weighted by Crippen LogP contribution is -2.41. The van der Waals surface area contributed by atoms with Gasteiger partial charge in [0.05, 0.1) is 6.04 Å². The van der Waals surface area contributed by atoms with Crippen LogP contribution in [-0.2, 0) is 0 Å². The van der Waals surface area contributed by atoms with Gasteiger partial charge in [0.1, 0.15) is 0 Å². The highest BCUT2D eigenvalue weighted by Crippen LogP contribution is 2.16. The number of nitrogen functional groups attached to an aromatic ring is 1. The summed E-state index contributed by atoms with van der Waals surface area (Å²) in [4.78, 5) is 14.1. The first-order chi connectivity index (χ1) is 9.16. The first-order valence-corrected chi connectivity index (χ1v) is 7.07. The van der Waals surface area contributed by atoms with Crippen LogP contribution >= 0.6 is 0 Å². The number of likely N-dealkylation sites (tertiary alicyclic amines) is 1. The van der Waals surface area contributed by atoms with Crippen LogP contribution in [0.25, 0.3) is 0 Å². The van der Waals surface area contributed by atoms with Gasteiger partial charge in [-0.2, -0.15) is 0 Å². The average molecular weight is 261 g/mol. The maximum atomic E-state index is 12.2. The molecule has 1 fully saturated rings. The van der Waals surface area contributed by atoms with Crippen LogP contribution in [0, 0.1) is 0 Å². The largest absolute Gasteiger partial charge is 0.399 e. The fraction of sp³-hybridized carbons (Fsp3) is 0.533. The molecule has 4 nitrogen and oxygen atoms in total. The van der Waals surface area contributed by atoms with Crippen LogP contribution in [0.5, 0.6) is 0 Å². The number of nitrogens with zero attached hydrogens (tertiary/aromatic N) is 1. The number of amides is 2. The smallest absolute Gasteiger partial charge is 0.317 e. The summed E-state index contributed by atoms with van der Waals surface area (Å²) in [6, 6.07) is 7.69. The predicted octanol–water partition coefficient (Wildman–Crippen LogP) is 2.92.